The monoisotopic (exact) mass is 416 g/mol. The van der Waals surface area contributed by atoms with Gasteiger partial charge in [-0.1, -0.05) is 34.2 Å². The summed E-state index contributed by atoms with van der Waals surface area (Å²) < 4.78 is 57.9. The van der Waals surface area contributed by atoms with Crippen LogP contribution in [0.3, 0.4) is 0 Å². The van der Waals surface area contributed by atoms with Gasteiger partial charge in [0.15, 0.2) is 10.8 Å². The van der Waals surface area contributed by atoms with Crippen molar-refractivity contribution in [3.05, 3.63) is 45.9 Å². The van der Waals surface area contributed by atoms with E-state index in [1.54, 1.807) is 6.92 Å². The number of allylic oxidation sites excluding steroid dienone is 2. The van der Waals surface area contributed by atoms with Crippen LogP contribution in [0.2, 0.25) is 5.02 Å². The molecule has 0 aliphatic carbocycles. The van der Waals surface area contributed by atoms with E-state index in [9.17, 15) is 17.6 Å². The third-order valence-electron chi connectivity index (χ3n) is 3.37. The predicted octanol–water partition coefficient (Wildman–Crippen LogP) is 5.56. The number of rotatable bonds is 4. The number of hydrogen-bond donors (Lipinski definition) is 1. The third kappa shape index (κ3) is 3.91. The Hall–Kier alpha value is -2.59. The lowest BCUT2D eigenvalue weighted by molar-refractivity contribution is -0.0792. The molecule has 1 aromatic carbocycles. The Kier molecular flexibility index (Phi) is 5.11. The smallest absolute Gasteiger partial charge is 0.355 e. The number of aryl methyl sites for hydroxylation is 1. The number of alkyl halides is 3. The van der Waals surface area contributed by atoms with Gasteiger partial charge < -0.3 is 9.93 Å². The molecule has 3 aromatic rings. The molecule has 0 amide bonds. The van der Waals surface area contributed by atoms with Crippen molar-refractivity contribution >= 4 is 34.7 Å². The number of benzene rings is 1. The maximum absolute atomic E-state index is 14.4. The number of nitrogens with one attached hydrogen (secondary N) is 1. The minimum atomic E-state index is -4.70. The summed E-state index contributed by atoms with van der Waals surface area (Å²) in [6, 6.07) is 3.92. The lowest BCUT2D eigenvalue weighted by atomic mass is 10.0. The molecule has 0 radical (unpaired) electrons. The van der Waals surface area contributed by atoms with Crippen LogP contribution in [0.5, 0.6) is 0 Å². The molecule has 0 unspecified atom stereocenters. The normalized spacial score (nSPS) is 12.4. The predicted molar refractivity (Wildman–Crippen MR) is 93.4 cm³/mol. The molecule has 140 valence electrons. The summed E-state index contributed by atoms with van der Waals surface area (Å²) in [6.07, 6.45) is -4.34. The molecule has 1 N–H and O–H groups in total. The van der Waals surface area contributed by atoms with Crippen molar-refractivity contribution in [2.24, 2.45) is 0 Å². The second-order valence-corrected chi connectivity index (χ2v) is 6.83. The van der Waals surface area contributed by atoms with Gasteiger partial charge in [0.25, 0.3) is 0 Å². The number of halogens is 5. The van der Waals surface area contributed by atoms with Crippen molar-refractivity contribution in [2.75, 3.05) is 0 Å². The van der Waals surface area contributed by atoms with Crippen LogP contribution in [0.15, 0.2) is 28.8 Å². The highest BCUT2D eigenvalue weighted by molar-refractivity contribution is 7.14. The van der Waals surface area contributed by atoms with Crippen molar-refractivity contribution < 1.29 is 22.1 Å². The van der Waals surface area contributed by atoms with Crippen LogP contribution < -0.4 is 0 Å². The van der Waals surface area contributed by atoms with Crippen molar-refractivity contribution in [1.29, 1.82) is 5.41 Å². The lowest BCUT2D eigenvalue weighted by Crippen LogP contribution is -2.04. The molecule has 2 aromatic heterocycles. The molecule has 11 heteroatoms. The van der Waals surface area contributed by atoms with Crippen LogP contribution in [-0.2, 0) is 0 Å². The van der Waals surface area contributed by atoms with E-state index in [0.29, 0.717) is 11.2 Å². The van der Waals surface area contributed by atoms with Gasteiger partial charge >= 0.3 is 6.18 Å². The van der Waals surface area contributed by atoms with Gasteiger partial charge in [-0.25, -0.2) is 4.39 Å². The summed E-state index contributed by atoms with van der Waals surface area (Å²) in [6.45, 7) is 1.65. The molecule has 5 nitrogen and oxygen atoms in total. The topological polar surface area (TPSA) is 75.7 Å². The van der Waals surface area contributed by atoms with Crippen LogP contribution in [-0.4, -0.2) is 27.7 Å². The van der Waals surface area contributed by atoms with Crippen molar-refractivity contribution in [3.63, 3.8) is 0 Å². The zero-order valence-electron chi connectivity index (χ0n) is 13.4. The minimum absolute atomic E-state index is 0.00598. The van der Waals surface area contributed by atoms with E-state index in [1.807, 2.05) is 0 Å². The molecular formula is C16H9ClF4N4OS. The Morgan fingerprint density at radius 3 is 2.56 bits per heavy atom. The standard InChI is InChI=1S/C16H9ClF4N4OS/c1-7-23-24-15(27-7)12-13(11-9(17)3-2-4-10(11)18)25-26-14(12)8(6-22)5-16(19,20)21/h2-6,22H,1H3/b8-5-,22-6?. The molecule has 27 heavy (non-hydrogen) atoms. The lowest BCUT2D eigenvalue weighted by Gasteiger charge is -2.05. The first-order valence-electron chi connectivity index (χ1n) is 7.26. The Bertz CT molecular complexity index is 1020. The van der Waals surface area contributed by atoms with E-state index in [0.717, 1.165) is 17.4 Å². The maximum atomic E-state index is 14.4. The van der Waals surface area contributed by atoms with Gasteiger partial charge in [0.1, 0.15) is 16.5 Å². The zero-order valence-corrected chi connectivity index (χ0v) is 15.0. The van der Waals surface area contributed by atoms with Gasteiger partial charge in [-0.15, -0.1) is 10.2 Å². The van der Waals surface area contributed by atoms with Crippen molar-refractivity contribution in [2.45, 2.75) is 13.1 Å². The van der Waals surface area contributed by atoms with E-state index < -0.39 is 17.6 Å². The molecule has 0 atom stereocenters. The van der Waals surface area contributed by atoms with Crippen molar-refractivity contribution in [3.8, 4) is 21.8 Å². The molecule has 0 aliphatic heterocycles. The molecule has 2 heterocycles. The van der Waals surface area contributed by atoms with Crippen LogP contribution in [0, 0.1) is 18.2 Å². The minimum Gasteiger partial charge on any atom is -0.355 e. The van der Waals surface area contributed by atoms with E-state index >= 15 is 0 Å². The van der Waals surface area contributed by atoms with Gasteiger partial charge in [-0.2, -0.15) is 13.2 Å². The Balaban J connectivity index is 2.33. The number of nitrogens with zero attached hydrogens (tertiary/aromatic N) is 3. The number of hydrogen-bond acceptors (Lipinski definition) is 6. The fourth-order valence-electron chi connectivity index (χ4n) is 2.33. The third-order valence-corrected chi connectivity index (χ3v) is 4.54. The fourth-order valence-corrected chi connectivity index (χ4v) is 3.31. The average molecular weight is 417 g/mol. The molecule has 0 saturated carbocycles. The molecule has 0 fully saturated rings. The van der Waals surface area contributed by atoms with Gasteiger partial charge in [0.2, 0.25) is 0 Å². The van der Waals surface area contributed by atoms with E-state index in [4.69, 9.17) is 21.5 Å². The van der Waals surface area contributed by atoms with Crippen LogP contribution in [0.4, 0.5) is 17.6 Å². The quantitative estimate of drug-likeness (QED) is 0.446. The molecule has 0 bridgehead atoms. The van der Waals surface area contributed by atoms with Gasteiger partial charge in [0, 0.05) is 17.9 Å². The second-order valence-electron chi connectivity index (χ2n) is 5.24. The van der Waals surface area contributed by atoms with E-state index in [1.165, 1.54) is 12.1 Å². The Labute approximate surface area is 158 Å². The first kappa shape index (κ1) is 19.2. The SMILES string of the molecule is Cc1nnc(-c2c(-c3c(F)cccc3Cl)noc2/C(C=N)=C\C(F)(F)F)s1. The first-order valence-corrected chi connectivity index (χ1v) is 8.45. The largest absolute Gasteiger partial charge is 0.410 e. The summed E-state index contributed by atoms with van der Waals surface area (Å²) in [7, 11) is 0. The fraction of sp³-hybridized carbons (Fsp3) is 0.125. The summed E-state index contributed by atoms with van der Waals surface area (Å²) >= 11 is 7.12. The second kappa shape index (κ2) is 7.20. The number of aromatic nitrogens is 3. The van der Waals surface area contributed by atoms with Crippen LogP contribution in [0.25, 0.3) is 27.4 Å². The van der Waals surface area contributed by atoms with E-state index in [-0.39, 0.29) is 38.7 Å². The molecule has 3 rings (SSSR count). The highest BCUT2D eigenvalue weighted by Crippen LogP contribution is 2.42. The Morgan fingerprint density at radius 1 is 1.26 bits per heavy atom. The summed E-state index contributed by atoms with van der Waals surface area (Å²) in [4.78, 5) is 0. The molecule has 0 aliphatic rings. The molecule has 0 spiro atoms. The van der Waals surface area contributed by atoms with Crippen LogP contribution in [0.1, 0.15) is 10.8 Å². The first-order chi connectivity index (χ1) is 12.7. The van der Waals surface area contributed by atoms with Gasteiger partial charge in [-0.3, -0.25) is 0 Å². The van der Waals surface area contributed by atoms with Crippen molar-refractivity contribution in [1.82, 2.24) is 15.4 Å². The maximum Gasteiger partial charge on any atom is 0.410 e. The van der Waals surface area contributed by atoms with Gasteiger partial charge in [0.05, 0.1) is 16.1 Å². The van der Waals surface area contributed by atoms with Crippen LogP contribution >= 0.6 is 22.9 Å². The Morgan fingerprint density at radius 2 is 2.00 bits per heavy atom. The molecule has 0 saturated heterocycles. The summed E-state index contributed by atoms with van der Waals surface area (Å²) in [5.41, 5.74) is -0.893. The van der Waals surface area contributed by atoms with E-state index in [2.05, 4.69) is 15.4 Å². The average Bonchev–Trinajstić information content (AvgIpc) is 3.18. The van der Waals surface area contributed by atoms with Gasteiger partial charge in [-0.05, 0) is 19.1 Å². The summed E-state index contributed by atoms with van der Waals surface area (Å²) in [5, 5.41) is 19.5. The highest BCUT2D eigenvalue weighted by atomic mass is 35.5. The summed E-state index contributed by atoms with van der Waals surface area (Å²) in [5.74, 6) is -1.12. The zero-order chi connectivity index (χ0) is 19.8. The molecular weight excluding hydrogens is 408 g/mol. The highest BCUT2D eigenvalue weighted by Gasteiger charge is 2.31.